The van der Waals surface area contributed by atoms with Crippen LogP contribution >= 0.6 is 0 Å². The van der Waals surface area contributed by atoms with Crippen LogP contribution in [0.25, 0.3) is 0 Å². The van der Waals surface area contributed by atoms with Gasteiger partial charge in [0.1, 0.15) is 11.4 Å². The highest BCUT2D eigenvalue weighted by Crippen LogP contribution is 2.21. The molecule has 0 radical (unpaired) electrons. The van der Waals surface area contributed by atoms with Crippen LogP contribution in [0.1, 0.15) is 42.5 Å². The first kappa shape index (κ1) is 17.1. The van der Waals surface area contributed by atoms with Gasteiger partial charge in [0.2, 0.25) is 0 Å². The lowest BCUT2D eigenvalue weighted by atomic mass is 9.92. The molecular formula is C18H25N3O2. The van der Waals surface area contributed by atoms with Crippen LogP contribution in [-0.2, 0) is 18.9 Å². The van der Waals surface area contributed by atoms with E-state index in [0.717, 1.165) is 23.4 Å². The number of amides is 1. The van der Waals surface area contributed by atoms with Gasteiger partial charge < -0.3 is 10.1 Å². The Kier molecular flexibility index (Phi) is 5.08. The van der Waals surface area contributed by atoms with Crippen LogP contribution < -0.4 is 10.1 Å². The monoisotopic (exact) mass is 315 g/mol. The fraction of sp³-hybridized carbons (Fsp3) is 0.444. The number of ether oxygens (including phenoxy) is 1. The van der Waals surface area contributed by atoms with Gasteiger partial charge in [-0.05, 0) is 30.2 Å². The van der Waals surface area contributed by atoms with Crippen LogP contribution in [0.5, 0.6) is 5.75 Å². The Morgan fingerprint density at radius 2 is 2.04 bits per heavy atom. The maximum atomic E-state index is 12.3. The van der Waals surface area contributed by atoms with Crippen molar-refractivity contribution in [1.82, 2.24) is 15.1 Å². The van der Waals surface area contributed by atoms with E-state index >= 15 is 0 Å². The SMILES string of the molecule is COc1cccc(CCNC(=O)c2cc(C(C)(C)C)nn2C)c1. The maximum Gasteiger partial charge on any atom is 0.269 e. The lowest BCUT2D eigenvalue weighted by molar-refractivity contribution is 0.0944. The minimum Gasteiger partial charge on any atom is -0.497 e. The fourth-order valence-corrected chi connectivity index (χ4v) is 2.29. The van der Waals surface area contributed by atoms with Crippen molar-refractivity contribution in [1.29, 1.82) is 0 Å². The normalized spacial score (nSPS) is 11.3. The van der Waals surface area contributed by atoms with Gasteiger partial charge in [-0.15, -0.1) is 0 Å². The van der Waals surface area contributed by atoms with E-state index in [9.17, 15) is 4.79 Å². The second-order valence-corrected chi connectivity index (χ2v) is 6.65. The molecule has 0 bridgehead atoms. The minimum atomic E-state index is -0.0987. The lowest BCUT2D eigenvalue weighted by Crippen LogP contribution is -2.27. The summed E-state index contributed by atoms with van der Waals surface area (Å²) in [6.07, 6.45) is 0.757. The summed E-state index contributed by atoms with van der Waals surface area (Å²) in [5.74, 6) is 0.730. The Morgan fingerprint density at radius 3 is 2.65 bits per heavy atom. The summed E-state index contributed by atoms with van der Waals surface area (Å²) in [5, 5.41) is 7.38. The van der Waals surface area contributed by atoms with Gasteiger partial charge in [-0.3, -0.25) is 9.48 Å². The zero-order chi connectivity index (χ0) is 17.0. The molecule has 1 amide bonds. The van der Waals surface area contributed by atoms with Gasteiger partial charge >= 0.3 is 0 Å². The molecule has 1 aromatic carbocycles. The molecule has 5 nitrogen and oxygen atoms in total. The molecule has 0 unspecified atom stereocenters. The van der Waals surface area contributed by atoms with E-state index in [0.29, 0.717) is 12.2 Å². The third kappa shape index (κ3) is 4.34. The molecule has 1 aromatic heterocycles. The molecule has 0 aliphatic heterocycles. The highest BCUT2D eigenvalue weighted by Gasteiger charge is 2.21. The van der Waals surface area contributed by atoms with Crippen molar-refractivity contribution in [2.45, 2.75) is 32.6 Å². The van der Waals surface area contributed by atoms with Crippen molar-refractivity contribution in [3.05, 3.63) is 47.3 Å². The van der Waals surface area contributed by atoms with E-state index in [1.165, 1.54) is 0 Å². The van der Waals surface area contributed by atoms with Crippen molar-refractivity contribution < 1.29 is 9.53 Å². The van der Waals surface area contributed by atoms with E-state index in [1.54, 1.807) is 18.8 Å². The Hall–Kier alpha value is -2.30. The van der Waals surface area contributed by atoms with Gasteiger partial charge in [-0.1, -0.05) is 32.9 Å². The van der Waals surface area contributed by atoms with Gasteiger partial charge in [0, 0.05) is 19.0 Å². The number of nitrogens with one attached hydrogen (secondary N) is 1. The van der Waals surface area contributed by atoms with Crippen molar-refractivity contribution in [2.24, 2.45) is 7.05 Å². The number of methoxy groups -OCH3 is 1. The van der Waals surface area contributed by atoms with E-state index in [1.807, 2.05) is 30.3 Å². The molecule has 0 spiro atoms. The molecule has 124 valence electrons. The number of carbonyl (C=O) groups excluding carboxylic acids is 1. The van der Waals surface area contributed by atoms with Crippen LogP contribution in [0.2, 0.25) is 0 Å². The molecule has 1 heterocycles. The molecule has 2 aromatic rings. The average Bonchev–Trinajstić information content (AvgIpc) is 2.89. The van der Waals surface area contributed by atoms with Crippen molar-refractivity contribution in [3.8, 4) is 5.75 Å². The first-order valence-electron chi connectivity index (χ1n) is 7.77. The van der Waals surface area contributed by atoms with Gasteiger partial charge in [0.05, 0.1) is 12.8 Å². The highest BCUT2D eigenvalue weighted by molar-refractivity contribution is 5.92. The average molecular weight is 315 g/mol. The number of aromatic nitrogens is 2. The number of carbonyl (C=O) groups is 1. The number of aryl methyl sites for hydroxylation is 1. The lowest BCUT2D eigenvalue weighted by Gasteiger charge is -2.13. The highest BCUT2D eigenvalue weighted by atomic mass is 16.5. The molecule has 5 heteroatoms. The van der Waals surface area contributed by atoms with E-state index in [2.05, 4.69) is 31.2 Å². The van der Waals surface area contributed by atoms with Crippen LogP contribution in [0.4, 0.5) is 0 Å². The Bertz CT molecular complexity index is 684. The van der Waals surface area contributed by atoms with E-state index in [-0.39, 0.29) is 11.3 Å². The summed E-state index contributed by atoms with van der Waals surface area (Å²) in [7, 11) is 3.45. The Labute approximate surface area is 137 Å². The topological polar surface area (TPSA) is 56.1 Å². The molecule has 0 fully saturated rings. The predicted molar refractivity (Wildman–Crippen MR) is 90.9 cm³/mol. The number of nitrogens with zero attached hydrogens (tertiary/aromatic N) is 2. The number of hydrogen-bond donors (Lipinski definition) is 1. The quantitative estimate of drug-likeness (QED) is 0.923. The van der Waals surface area contributed by atoms with E-state index in [4.69, 9.17) is 4.74 Å². The Balaban J connectivity index is 1.96. The van der Waals surface area contributed by atoms with Crippen LogP contribution in [-0.4, -0.2) is 29.3 Å². The summed E-state index contributed by atoms with van der Waals surface area (Å²) >= 11 is 0. The minimum absolute atomic E-state index is 0.0725. The van der Waals surface area contributed by atoms with Gasteiger partial charge in [-0.25, -0.2) is 0 Å². The van der Waals surface area contributed by atoms with Crippen LogP contribution in [0, 0.1) is 0 Å². The van der Waals surface area contributed by atoms with Crippen LogP contribution in [0.3, 0.4) is 0 Å². The summed E-state index contributed by atoms with van der Waals surface area (Å²) in [5.41, 5.74) is 2.56. The zero-order valence-corrected chi connectivity index (χ0v) is 14.5. The molecule has 0 saturated carbocycles. The number of benzene rings is 1. The first-order valence-corrected chi connectivity index (χ1v) is 7.77. The molecule has 2 rings (SSSR count). The second kappa shape index (κ2) is 6.86. The maximum absolute atomic E-state index is 12.3. The predicted octanol–water partition coefficient (Wildman–Crippen LogP) is 2.70. The number of hydrogen-bond acceptors (Lipinski definition) is 3. The van der Waals surface area contributed by atoms with Crippen molar-refractivity contribution >= 4 is 5.91 Å². The van der Waals surface area contributed by atoms with Crippen LogP contribution in [0.15, 0.2) is 30.3 Å². The molecule has 1 N–H and O–H groups in total. The third-order valence-electron chi connectivity index (χ3n) is 3.71. The first-order chi connectivity index (χ1) is 10.8. The number of rotatable bonds is 5. The molecule has 0 aliphatic carbocycles. The summed E-state index contributed by atoms with van der Waals surface area (Å²) in [4.78, 5) is 12.3. The zero-order valence-electron chi connectivity index (χ0n) is 14.5. The molecule has 0 saturated heterocycles. The third-order valence-corrected chi connectivity index (χ3v) is 3.71. The molecule has 23 heavy (non-hydrogen) atoms. The smallest absolute Gasteiger partial charge is 0.269 e. The van der Waals surface area contributed by atoms with Crippen molar-refractivity contribution in [3.63, 3.8) is 0 Å². The van der Waals surface area contributed by atoms with Gasteiger partial charge in [-0.2, -0.15) is 5.10 Å². The summed E-state index contributed by atoms with van der Waals surface area (Å²) < 4.78 is 6.84. The van der Waals surface area contributed by atoms with Crippen molar-refractivity contribution in [2.75, 3.05) is 13.7 Å². The standard InChI is InChI=1S/C18H25N3O2/c1-18(2,3)16-12-15(21(4)20-16)17(22)19-10-9-13-7-6-8-14(11-13)23-5/h6-8,11-12H,9-10H2,1-5H3,(H,19,22). The Morgan fingerprint density at radius 1 is 1.30 bits per heavy atom. The van der Waals surface area contributed by atoms with Gasteiger partial charge in [0.15, 0.2) is 0 Å². The molecule has 0 atom stereocenters. The molecular weight excluding hydrogens is 290 g/mol. The molecule has 0 aliphatic rings. The summed E-state index contributed by atoms with van der Waals surface area (Å²) in [6, 6.07) is 9.73. The largest absolute Gasteiger partial charge is 0.497 e. The van der Waals surface area contributed by atoms with E-state index < -0.39 is 0 Å². The summed E-state index contributed by atoms with van der Waals surface area (Å²) in [6.45, 7) is 6.82. The second-order valence-electron chi connectivity index (χ2n) is 6.65. The fourth-order valence-electron chi connectivity index (χ4n) is 2.29. The van der Waals surface area contributed by atoms with Gasteiger partial charge in [0.25, 0.3) is 5.91 Å².